The molecule has 2 nitrogen and oxygen atoms in total. The highest BCUT2D eigenvalue weighted by atomic mass is 16.3. The highest BCUT2D eigenvalue weighted by Gasteiger charge is 2.16. The molecule has 2 heterocycles. The third-order valence-electron chi connectivity index (χ3n) is 3.94. The van der Waals surface area contributed by atoms with Crippen LogP contribution in [0.4, 0.5) is 0 Å². The van der Waals surface area contributed by atoms with Gasteiger partial charge in [0.25, 0.3) is 0 Å². The van der Waals surface area contributed by atoms with E-state index in [4.69, 9.17) is 4.42 Å². The second kappa shape index (κ2) is 4.77. The molecule has 0 unspecified atom stereocenters. The number of rotatable bonds is 2. The van der Waals surface area contributed by atoms with Gasteiger partial charge in [0.1, 0.15) is 11.3 Å². The molecule has 0 amide bonds. The monoisotopic (exact) mass is 243 g/mol. The minimum atomic E-state index is 0.458. The summed E-state index contributed by atoms with van der Waals surface area (Å²) in [5, 5.41) is 4.68. The maximum absolute atomic E-state index is 5.86. The fraction of sp³-hybridized carbons (Fsp3) is 0.500. The van der Waals surface area contributed by atoms with Crippen molar-refractivity contribution in [3.8, 4) is 0 Å². The molecule has 2 heteroatoms. The molecule has 1 fully saturated rings. The van der Waals surface area contributed by atoms with Crippen LogP contribution in [-0.4, -0.2) is 13.1 Å². The van der Waals surface area contributed by atoms with Gasteiger partial charge >= 0.3 is 0 Å². The first-order valence-electron chi connectivity index (χ1n) is 6.98. The summed E-state index contributed by atoms with van der Waals surface area (Å²) in [5.41, 5.74) is 2.50. The van der Waals surface area contributed by atoms with Crippen molar-refractivity contribution in [1.29, 1.82) is 0 Å². The summed E-state index contributed by atoms with van der Waals surface area (Å²) in [5.74, 6) is 2.26. The number of piperidine rings is 1. The van der Waals surface area contributed by atoms with Gasteiger partial charge in [-0.2, -0.15) is 0 Å². The number of hydrogen-bond donors (Lipinski definition) is 1. The van der Waals surface area contributed by atoms with Crippen molar-refractivity contribution in [2.24, 2.45) is 0 Å². The average molecular weight is 243 g/mol. The zero-order valence-corrected chi connectivity index (χ0v) is 11.2. The molecule has 96 valence electrons. The van der Waals surface area contributed by atoms with E-state index in [0.29, 0.717) is 11.8 Å². The highest BCUT2D eigenvalue weighted by Crippen LogP contribution is 2.30. The van der Waals surface area contributed by atoms with Gasteiger partial charge in [0.2, 0.25) is 0 Å². The molecule has 0 atom stereocenters. The van der Waals surface area contributed by atoms with Crippen molar-refractivity contribution in [3.05, 3.63) is 35.6 Å². The lowest BCUT2D eigenvalue weighted by Gasteiger charge is -2.22. The van der Waals surface area contributed by atoms with Gasteiger partial charge in [-0.15, -0.1) is 0 Å². The summed E-state index contributed by atoms with van der Waals surface area (Å²) in [4.78, 5) is 0. The second-order valence-electron chi connectivity index (χ2n) is 5.63. The number of fused-ring (bicyclic) bond motifs is 1. The smallest absolute Gasteiger partial charge is 0.134 e. The Hall–Kier alpha value is -1.28. The Morgan fingerprint density at radius 1 is 1.17 bits per heavy atom. The Bertz CT molecular complexity index is 535. The molecule has 0 radical (unpaired) electrons. The third kappa shape index (κ3) is 2.17. The standard InChI is InChI=1S/C16H21NO/c1-11(2)16-10-14-9-13(3-4-15(14)18-16)12-5-7-17-8-6-12/h3-4,9-12,17H,5-8H2,1-2H3. The normalized spacial score (nSPS) is 17.7. The zero-order valence-electron chi connectivity index (χ0n) is 11.2. The third-order valence-corrected chi connectivity index (χ3v) is 3.94. The van der Waals surface area contributed by atoms with Crippen molar-refractivity contribution < 1.29 is 4.42 Å². The Kier molecular flexibility index (Phi) is 3.13. The lowest BCUT2D eigenvalue weighted by Crippen LogP contribution is -2.26. The predicted molar refractivity (Wildman–Crippen MR) is 75.1 cm³/mol. The van der Waals surface area contributed by atoms with E-state index in [0.717, 1.165) is 24.4 Å². The molecule has 2 aromatic rings. The van der Waals surface area contributed by atoms with Crippen molar-refractivity contribution in [3.63, 3.8) is 0 Å². The molecule has 0 saturated carbocycles. The molecule has 1 aromatic carbocycles. The summed E-state index contributed by atoms with van der Waals surface area (Å²) in [7, 11) is 0. The van der Waals surface area contributed by atoms with Gasteiger partial charge in [-0.05, 0) is 55.6 Å². The van der Waals surface area contributed by atoms with Crippen LogP contribution in [0.25, 0.3) is 11.0 Å². The van der Waals surface area contributed by atoms with Crippen LogP contribution >= 0.6 is 0 Å². The number of furan rings is 1. The summed E-state index contributed by atoms with van der Waals surface area (Å²) >= 11 is 0. The van der Waals surface area contributed by atoms with Crippen molar-refractivity contribution in [1.82, 2.24) is 5.32 Å². The fourth-order valence-electron chi connectivity index (χ4n) is 2.78. The summed E-state index contributed by atoms with van der Waals surface area (Å²) < 4.78 is 5.86. The maximum Gasteiger partial charge on any atom is 0.134 e. The van der Waals surface area contributed by atoms with Crippen LogP contribution in [0.5, 0.6) is 0 Å². The van der Waals surface area contributed by atoms with E-state index in [-0.39, 0.29) is 0 Å². The molecule has 1 aliphatic heterocycles. The topological polar surface area (TPSA) is 25.2 Å². The zero-order chi connectivity index (χ0) is 12.5. The van der Waals surface area contributed by atoms with Crippen LogP contribution in [-0.2, 0) is 0 Å². The molecule has 0 spiro atoms. The van der Waals surface area contributed by atoms with E-state index in [1.165, 1.54) is 23.8 Å². The van der Waals surface area contributed by atoms with E-state index in [1.807, 2.05) is 0 Å². The largest absolute Gasteiger partial charge is 0.461 e. The number of nitrogens with one attached hydrogen (secondary N) is 1. The first kappa shape index (κ1) is 11.8. The van der Waals surface area contributed by atoms with Gasteiger partial charge in [-0.1, -0.05) is 19.9 Å². The van der Waals surface area contributed by atoms with Crippen molar-refractivity contribution >= 4 is 11.0 Å². The van der Waals surface area contributed by atoms with Gasteiger partial charge in [0.05, 0.1) is 0 Å². The minimum absolute atomic E-state index is 0.458. The number of hydrogen-bond acceptors (Lipinski definition) is 2. The molecule has 0 aliphatic carbocycles. The SMILES string of the molecule is CC(C)c1cc2cc(C3CCNCC3)ccc2o1. The summed E-state index contributed by atoms with van der Waals surface area (Å²) in [6, 6.07) is 8.90. The van der Waals surface area contributed by atoms with E-state index in [1.54, 1.807) is 0 Å². The van der Waals surface area contributed by atoms with Gasteiger partial charge in [-0.25, -0.2) is 0 Å². The highest BCUT2D eigenvalue weighted by molar-refractivity contribution is 5.79. The van der Waals surface area contributed by atoms with Gasteiger partial charge in [0, 0.05) is 11.3 Å². The van der Waals surface area contributed by atoms with Crippen LogP contribution in [0.2, 0.25) is 0 Å². The Morgan fingerprint density at radius 2 is 1.94 bits per heavy atom. The summed E-state index contributed by atoms with van der Waals surface area (Å²) in [6.45, 7) is 6.63. The molecule has 1 aliphatic rings. The molecule has 1 N–H and O–H groups in total. The fourth-order valence-corrected chi connectivity index (χ4v) is 2.78. The first-order valence-corrected chi connectivity index (χ1v) is 6.98. The van der Waals surface area contributed by atoms with Crippen LogP contribution in [0.3, 0.4) is 0 Å². The van der Waals surface area contributed by atoms with Crippen LogP contribution in [0, 0.1) is 0 Å². The van der Waals surface area contributed by atoms with Gasteiger partial charge in [0.15, 0.2) is 0 Å². The molecule has 3 rings (SSSR count). The lowest BCUT2D eigenvalue weighted by atomic mass is 9.90. The van der Waals surface area contributed by atoms with E-state index in [9.17, 15) is 0 Å². The van der Waals surface area contributed by atoms with E-state index >= 15 is 0 Å². The van der Waals surface area contributed by atoms with E-state index < -0.39 is 0 Å². The maximum atomic E-state index is 5.86. The molecular weight excluding hydrogens is 222 g/mol. The van der Waals surface area contributed by atoms with Crippen molar-refractivity contribution in [2.45, 2.75) is 38.5 Å². The van der Waals surface area contributed by atoms with Gasteiger partial charge in [-0.3, -0.25) is 0 Å². The Balaban J connectivity index is 1.94. The quantitative estimate of drug-likeness (QED) is 0.861. The van der Waals surface area contributed by atoms with Gasteiger partial charge < -0.3 is 9.73 Å². The summed E-state index contributed by atoms with van der Waals surface area (Å²) in [6.07, 6.45) is 2.50. The lowest BCUT2D eigenvalue weighted by molar-refractivity contribution is 0.460. The average Bonchev–Trinajstić information content (AvgIpc) is 2.82. The molecule has 1 aromatic heterocycles. The Morgan fingerprint density at radius 3 is 2.67 bits per heavy atom. The van der Waals surface area contributed by atoms with Crippen LogP contribution < -0.4 is 5.32 Å². The van der Waals surface area contributed by atoms with Crippen LogP contribution in [0.15, 0.2) is 28.7 Å². The molecule has 18 heavy (non-hydrogen) atoms. The molecule has 1 saturated heterocycles. The Labute approximate surface area is 108 Å². The van der Waals surface area contributed by atoms with Crippen LogP contribution in [0.1, 0.15) is 49.8 Å². The molecular formula is C16H21NO. The number of benzene rings is 1. The van der Waals surface area contributed by atoms with Crippen molar-refractivity contribution in [2.75, 3.05) is 13.1 Å². The second-order valence-corrected chi connectivity index (χ2v) is 5.63. The molecule has 0 bridgehead atoms. The predicted octanol–water partition coefficient (Wildman–Crippen LogP) is 4.02. The minimum Gasteiger partial charge on any atom is -0.461 e. The first-order chi connectivity index (χ1) is 8.74. The van der Waals surface area contributed by atoms with E-state index in [2.05, 4.69) is 43.4 Å².